The second-order valence-electron chi connectivity index (χ2n) is 3.77. The third kappa shape index (κ3) is 4.24. The van der Waals surface area contributed by atoms with Crippen molar-refractivity contribution >= 4 is 5.97 Å². The third-order valence-electron chi connectivity index (χ3n) is 2.21. The van der Waals surface area contributed by atoms with Crippen LogP contribution in [-0.2, 0) is 11.3 Å². The van der Waals surface area contributed by atoms with Crippen LogP contribution in [0, 0.1) is 6.92 Å². The number of aryl methyl sites for hydroxylation is 1. The fraction of sp³-hybridized carbons (Fsp3) is 0.333. The monoisotopic (exact) mass is 236 g/mol. The number of aromatic nitrogens is 1. The standard InChI is InChI=1S/C12H16N2O3/c1-3-6-14(8-12(16)17)7-10-11(15)5-4-9(2)13-10/h3-5,15H,1,6-8H2,2H3,(H,16,17). The molecule has 0 saturated heterocycles. The quantitative estimate of drug-likeness (QED) is 0.725. The molecule has 0 atom stereocenters. The SMILES string of the molecule is C=CCN(CC(=O)O)Cc1nc(C)ccc1O. The van der Waals surface area contributed by atoms with Crippen molar-refractivity contribution in [3.8, 4) is 5.75 Å². The first kappa shape index (κ1) is 13.2. The van der Waals surface area contributed by atoms with Gasteiger partial charge in [0.25, 0.3) is 0 Å². The van der Waals surface area contributed by atoms with Crippen LogP contribution < -0.4 is 0 Å². The molecular formula is C12H16N2O3. The molecule has 2 N–H and O–H groups in total. The lowest BCUT2D eigenvalue weighted by Crippen LogP contribution is -2.29. The van der Waals surface area contributed by atoms with Crippen LogP contribution in [0.5, 0.6) is 5.75 Å². The van der Waals surface area contributed by atoms with Gasteiger partial charge >= 0.3 is 5.97 Å². The number of carbonyl (C=O) groups is 1. The van der Waals surface area contributed by atoms with Crippen molar-refractivity contribution in [1.29, 1.82) is 0 Å². The predicted octanol–water partition coefficient (Wildman–Crippen LogP) is 1.17. The Labute approximate surface area is 100 Å². The van der Waals surface area contributed by atoms with Crippen LogP contribution in [0.3, 0.4) is 0 Å². The molecule has 0 aliphatic rings. The van der Waals surface area contributed by atoms with Gasteiger partial charge in [0.2, 0.25) is 0 Å². The number of pyridine rings is 1. The summed E-state index contributed by atoms with van der Waals surface area (Å²) in [4.78, 5) is 16.5. The lowest BCUT2D eigenvalue weighted by Gasteiger charge is -2.18. The minimum Gasteiger partial charge on any atom is -0.506 e. The van der Waals surface area contributed by atoms with E-state index in [9.17, 15) is 9.90 Å². The van der Waals surface area contributed by atoms with Gasteiger partial charge in [-0.3, -0.25) is 14.7 Å². The van der Waals surface area contributed by atoms with E-state index in [-0.39, 0.29) is 18.8 Å². The molecule has 0 aliphatic carbocycles. The van der Waals surface area contributed by atoms with Crippen LogP contribution in [0.15, 0.2) is 24.8 Å². The molecule has 1 heterocycles. The number of carboxylic acid groups (broad SMARTS) is 1. The number of nitrogens with zero attached hydrogens (tertiary/aromatic N) is 2. The normalized spacial score (nSPS) is 10.5. The van der Waals surface area contributed by atoms with Crippen molar-refractivity contribution in [2.24, 2.45) is 0 Å². The molecule has 1 rings (SSSR count). The molecule has 0 fully saturated rings. The number of hydrogen-bond acceptors (Lipinski definition) is 4. The largest absolute Gasteiger partial charge is 0.506 e. The first-order valence-electron chi connectivity index (χ1n) is 5.23. The van der Waals surface area contributed by atoms with Gasteiger partial charge < -0.3 is 10.2 Å². The summed E-state index contributed by atoms with van der Waals surface area (Å²) >= 11 is 0. The summed E-state index contributed by atoms with van der Waals surface area (Å²) in [7, 11) is 0. The van der Waals surface area contributed by atoms with Crippen LogP contribution in [-0.4, -0.2) is 39.2 Å². The number of carboxylic acids is 1. The summed E-state index contributed by atoms with van der Waals surface area (Å²) < 4.78 is 0. The molecule has 92 valence electrons. The zero-order chi connectivity index (χ0) is 12.8. The molecule has 1 aromatic heterocycles. The average molecular weight is 236 g/mol. The second kappa shape index (κ2) is 6.00. The van der Waals surface area contributed by atoms with Crippen molar-refractivity contribution in [2.45, 2.75) is 13.5 Å². The molecule has 5 heteroatoms. The Hall–Kier alpha value is -1.88. The topological polar surface area (TPSA) is 73.7 Å². The highest BCUT2D eigenvalue weighted by molar-refractivity contribution is 5.69. The van der Waals surface area contributed by atoms with E-state index in [2.05, 4.69) is 11.6 Å². The fourth-order valence-corrected chi connectivity index (χ4v) is 1.49. The minimum absolute atomic E-state index is 0.0788. The van der Waals surface area contributed by atoms with Gasteiger partial charge in [0.05, 0.1) is 12.2 Å². The van der Waals surface area contributed by atoms with Gasteiger partial charge in [-0.15, -0.1) is 6.58 Å². The zero-order valence-electron chi connectivity index (χ0n) is 9.76. The van der Waals surface area contributed by atoms with Gasteiger partial charge in [0.1, 0.15) is 5.75 Å². The lowest BCUT2D eigenvalue weighted by molar-refractivity contribution is -0.138. The molecule has 0 radical (unpaired) electrons. The summed E-state index contributed by atoms with van der Waals surface area (Å²) in [5.41, 5.74) is 1.26. The Morgan fingerprint density at radius 2 is 2.29 bits per heavy atom. The zero-order valence-corrected chi connectivity index (χ0v) is 9.76. The Kier molecular flexibility index (Phi) is 4.66. The molecule has 0 unspecified atom stereocenters. The van der Waals surface area contributed by atoms with E-state index in [1.165, 1.54) is 0 Å². The van der Waals surface area contributed by atoms with Gasteiger partial charge in [-0.2, -0.15) is 0 Å². The van der Waals surface area contributed by atoms with Crippen molar-refractivity contribution in [3.05, 3.63) is 36.2 Å². The van der Waals surface area contributed by atoms with Crippen LogP contribution in [0.1, 0.15) is 11.4 Å². The maximum Gasteiger partial charge on any atom is 0.317 e. The van der Waals surface area contributed by atoms with Gasteiger partial charge in [-0.25, -0.2) is 0 Å². The number of aromatic hydroxyl groups is 1. The Morgan fingerprint density at radius 1 is 1.59 bits per heavy atom. The molecule has 0 aromatic carbocycles. The van der Waals surface area contributed by atoms with E-state index in [0.717, 1.165) is 5.69 Å². The minimum atomic E-state index is -0.918. The van der Waals surface area contributed by atoms with Crippen LogP contribution in [0.2, 0.25) is 0 Å². The molecule has 1 aromatic rings. The van der Waals surface area contributed by atoms with Crippen LogP contribution in [0.25, 0.3) is 0 Å². The summed E-state index contributed by atoms with van der Waals surface area (Å²) in [6.07, 6.45) is 1.62. The summed E-state index contributed by atoms with van der Waals surface area (Å²) in [6.45, 7) is 5.99. The van der Waals surface area contributed by atoms with E-state index >= 15 is 0 Å². The molecule has 0 amide bonds. The average Bonchev–Trinajstić information content (AvgIpc) is 2.23. The van der Waals surface area contributed by atoms with Gasteiger partial charge in [0, 0.05) is 18.8 Å². The van der Waals surface area contributed by atoms with Crippen molar-refractivity contribution in [3.63, 3.8) is 0 Å². The molecule has 0 spiro atoms. The molecule has 0 aliphatic heterocycles. The highest BCUT2D eigenvalue weighted by Crippen LogP contribution is 2.16. The van der Waals surface area contributed by atoms with Crippen LogP contribution >= 0.6 is 0 Å². The Bertz CT molecular complexity index is 418. The molecular weight excluding hydrogens is 220 g/mol. The predicted molar refractivity (Wildman–Crippen MR) is 63.7 cm³/mol. The Morgan fingerprint density at radius 3 is 2.88 bits per heavy atom. The highest BCUT2D eigenvalue weighted by Gasteiger charge is 2.12. The van der Waals surface area contributed by atoms with Gasteiger partial charge in [-0.05, 0) is 19.1 Å². The molecule has 0 saturated carbocycles. The number of aliphatic carboxylic acids is 1. The lowest BCUT2D eigenvalue weighted by atomic mass is 10.2. The summed E-state index contributed by atoms with van der Waals surface area (Å²) in [5.74, 6) is -0.839. The van der Waals surface area contributed by atoms with Crippen molar-refractivity contribution < 1.29 is 15.0 Å². The summed E-state index contributed by atoms with van der Waals surface area (Å²) in [5, 5.41) is 18.4. The van der Waals surface area contributed by atoms with Gasteiger partial charge in [0.15, 0.2) is 0 Å². The smallest absolute Gasteiger partial charge is 0.317 e. The van der Waals surface area contributed by atoms with E-state index in [1.807, 2.05) is 6.92 Å². The fourth-order valence-electron chi connectivity index (χ4n) is 1.49. The van der Waals surface area contributed by atoms with E-state index in [1.54, 1.807) is 23.1 Å². The first-order valence-corrected chi connectivity index (χ1v) is 5.23. The summed E-state index contributed by atoms with van der Waals surface area (Å²) in [6, 6.07) is 3.26. The molecule has 0 bridgehead atoms. The first-order chi connectivity index (χ1) is 8.02. The van der Waals surface area contributed by atoms with E-state index in [4.69, 9.17) is 5.11 Å². The number of hydrogen-bond donors (Lipinski definition) is 2. The molecule has 5 nitrogen and oxygen atoms in total. The van der Waals surface area contributed by atoms with E-state index in [0.29, 0.717) is 12.2 Å². The van der Waals surface area contributed by atoms with E-state index < -0.39 is 5.97 Å². The second-order valence-corrected chi connectivity index (χ2v) is 3.77. The molecule has 17 heavy (non-hydrogen) atoms. The maximum absolute atomic E-state index is 10.7. The van der Waals surface area contributed by atoms with Crippen LogP contribution in [0.4, 0.5) is 0 Å². The maximum atomic E-state index is 10.7. The number of rotatable bonds is 6. The highest BCUT2D eigenvalue weighted by atomic mass is 16.4. The van der Waals surface area contributed by atoms with Crippen molar-refractivity contribution in [2.75, 3.05) is 13.1 Å². The van der Waals surface area contributed by atoms with Crippen molar-refractivity contribution in [1.82, 2.24) is 9.88 Å². The third-order valence-corrected chi connectivity index (χ3v) is 2.21. The van der Waals surface area contributed by atoms with Gasteiger partial charge in [-0.1, -0.05) is 6.08 Å². The Balaban J connectivity index is 2.80.